The fourth-order valence-electron chi connectivity index (χ4n) is 2.05. The number of anilines is 1. The maximum atomic E-state index is 5.96. The number of hydrogen-bond donors (Lipinski definition) is 0. The van der Waals surface area contributed by atoms with Crippen LogP contribution in [0.15, 0.2) is 18.2 Å². The van der Waals surface area contributed by atoms with Crippen LogP contribution >= 0.6 is 34.2 Å². The first-order valence-corrected chi connectivity index (χ1v) is 6.93. The van der Waals surface area contributed by atoms with Crippen molar-refractivity contribution in [3.63, 3.8) is 0 Å². The van der Waals surface area contributed by atoms with E-state index in [0.29, 0.717) is 0 Å². The summed E-state index contributed by atoms with van der Waals surface area (Å²) in [5.41, 5.74) is 1.35. The van der Waals surface area contributed by atoms with Gasteiger partial charge >= 0.3 is 0 Å². The summed E-state index contributed by atoms with van der Waals surface area (Å²) in [6.45, 7) is 2.38. The molecular weight excluding hydrogens is 320 g/mol. The van der Waals surface area contributed by atoms with E-state index < -0.39 is 0 Å². The molecule has 0 bridgehead atoms. The van der Waals surface area contributed by atoms with Crippen molar-refractivity contribution < 1.29 is 0 Å². The Bertz CT molecular complexity index is 332. The van der Waals surface area contributed by atoms with Crippen molar-refractivity contribution in [3.8, 4) is 0 Å². The Hall–Kier alpha value is 0.0400. The van der Waals surface area contributed by atoms with Gasteiger partial charge < -0.3 is 4.90 Å². The highest BCUT2D eigenvalue weighted by Gasteiger charge is 2.12. The molecule has 0 atom stereocenters. The zero-order valence-corrected chi connectivity index (χ0v) is 11.6. The summed E-state index contributed by atoms with van der Waals surface area (Å²) in [5.74, 6) is 0. The van der Waals surface area contributed by atoms with Gasteiger partial charge in [-0.05, 0) is 53.6 Å². The zero-order valence-electron chi connectivity index (χ0n) is 8.68. The van der Waals surface area contributed by atoms with Gasteiger partial charge in [-0.25, -0.2) is 0 Å². The van der Waals surface area contributed by atoms with Crippen LogP contribution in [0.25, 0.3) is 0 Å². The van der Waals surface area contributed by atoms with Crippen LogP contribution in [0, 0.1) is 3.57 Å². The predicted octanol–water partition coefficient (Wildman–Crippen LogP) is 4.33. The van der Waals surface area contributed by atoms with E-state index in [0.717, 1.165) is 5.02 Å². The topological polar surface area (TPSA) is 3.24 Å². The van der Waals surface area contributed by atoms with Gasteiger partial charge in [-0.3, -0.25) is 0 Å². The molecule has 1 aliphatic heterocycles. The van der Waals surface area contributed by atoms with Gasteiger partial charge in [-0.2, -0.15) is 0 Å². The van der Waals surface area contributed by atoms with Gasteiger partial charge in [0.1, 0.15) is 0 Å². The highest BCUT2D eigenvalue weighted by atomic mass is 127. The molecule has 0 aliphatic carbocycles. The molecule has 0 amide bonds. The highest BCUT2D eigenvalue weighted by molar-refractivity contribution is 14.1. The molecule has 0 radical (unpaired) electrons. The molecule has 1 saturated heterocycles. The number of nitrogens with zero attached hydrogens (tertiary/aromatic N) is 1. The van der Waals surface area contributed by atoms with E-state index in [-0.39, 0.29) is 0 Å². The van der Waals surface area contributed by atoms with E-state index in [4.69, 9.17) is 11.6 Å². The Morgan fingerprint density at radius 2 is 1.73 bits per heavy atom. The zero-order chi connectivity index (χ0) is 10.7. The molecule has 0 N–H and O–H groups in total. The van der Waals surface area contributed by atoms with Crippen molar-refractivity contribution >= 4 is 39.9 Å². The smallest absolute Gasteiger partial charge is 0.0502 e. The molecule has 0 aromatic heterocycles. The SMILES string of the molecule is Clc1ccc(N2CCCCCC2)c(I)c1. The molecule has 0 saturated carbocycles. The first-order valence-electron chi connectivity index (χ1n) is 5.47. The maximum absolute atomic E-state index is 5.96. The van der Waals surface area contributed by atoms with Crippen molar-refractivity contribution in [2.45, 2.75) is 25.7 Å². The molecule has 0 spiro atoms. The Balaban J connectivity index is 2.19. The number of halogens is 2. The average molecular weight is 336 g/mol. The lowest BCUT2D eigenvalue weighted by molar-refractivity contribution is 0.726. The van der Waals surface area contributed by atoms with Crippen LogP contribution < -0.4 is 4.90 Å². The van der Waals surface area contributed by atoms with Crippen LogP contribution in [-0.4, -0.2) is 13.1 Å². The third-order valence-corrected chi connectivity index (χ3v) is 3.96. The number of hydrogen-bond acceptors (Lipinski definition) is 1. The normalized spacial score (nSPS) is 17.6. The lowest BCUT2D eigenvalue weighted by Crippen LogP contribution is -2.24. The third kappa shape index (κ3) is 3.00. The number of rotatable bonds is 1. The lowest BCUT2D eigenvalue weighted by atomic mass is 10.2. The molecule has 0 unspecified atom stereocenters. The second-order valence-corrected chi connectivity index (χ2v) is 5.60. The van der Waals surface area contributed by atoms with Crippen LogP contribution in [0.3, 0.4) is 0 Å². The maximum Gasteiger partial charge on any atom is 0.0502 e. The fourth-order valence-corrected chi connectivity index (χ4v) is 3.26. The molecule has 1 aromatic rings. The van der Waals surface area contributed by atoms with Gasteiger partial charge in [-0.1, -0.05) is 24.4 Å². The largest absolute Gasteiger partial charge is 0.371 e. The molecule has 1 heterocycles. The summed E-state index contributed by atoms with van der Waals surface area (Å²) in [4.78, 5) is 2.49. The van der Waals surface area contributed by atoms with Crippen LogP contribution in [-0.2, 0) is 0 Å². The van der Waals surface area contributed by atoms with E-state index in [1.54, 1.807) is 0 Å². The average Bonchev–Trinajstić information content (AvgIpc) is 2.46. The Kier molecular flexibility index (Phi) is 4.14. The standard InChI is InChI=1S/C12H15ClIN/c13-10-5-6-12(11(14)9-10)15-7-3-1-2-4-8-15/h5-6,9H,1-4,7-8H2. The molecule has 1 fully saturated rings. The van der Waals surface area contributed by atoms with Crippen LogP contribution in [0.5, 0.6) is 0 Å². The van der Waals surface area contributed by atoms with E-state index in [1.165, 1.54) is 48.0 Å². The summed E-state index contributed by atoms with van der Waals surface area (Å²) >= 11 is 8.34. The molecular formula is C12H15ClIN. The van der Waals surface area contributed by atoms with Gasteiger partial charge in [-0.15, -0.1) is 0 Å². The van der Waals surface area contributed by atoms with E-state index in [9.17, 15) is 0 Å². The van der Waals surface area contributed by atoms with Crippen LogP contribution in [0.2, 0.25) is 5.02 Å². The summed E-state index contributed by atoms with van der Waals surface area (Å²) in [5, 5.41) is 0.831. The summed E-state index contributed by atoms with van der Waals surface area (Å²) in [6, 6.07) is 6.18. The minimum Gasteiger partial charge on any atom is -0.371 e. The van der Waals surface area contributed by atoms with E-state index >= 15 is 0 Å². The molecule has 1 nitrogen and oxygen atoms in total. The predicted molar refractivity (Wildman–Crippen MR) is 74.9 cm³/mol. The first kappa shape index (κ1) is 11.5. The van der Waals surface area contributed by atoms with Crippen molar-refractivity contribution in [1.29, 1.82) is 0 Å². The van der Waals surface area contributed by atoms with Crippen LogP contribution in [0.1, 0.15) is 25.7 Å². The van der Waals surface area contributed by atoms with E-state index in [1.807, 2.05) is 12.1 Å². The fraction of sp³-hybridized carbons (Fsp3) is 0.500. The minimum atomic E-state index is 0.831. The highest BCUT2D eigenvalue weighted by Crippen LogP contribution is 2.27. The Morgan fingerprint density at radius 3 is 2.33 bits per heavy atom. The monoisotopic (exact) mass is 335 g/mol. The Morgan fingerprint density at radius 1 is 1.07 bits per heavy atom. The van der Waals surface area contributed by atoms with Crippen molar-refractivity contribution in [2.24, 2.45) is 0 Å². The van der Waals surface area contributed by atoms with Gasteiger partial charge in [0, 0.05) is 21.7 Å². The van der Waals surface area contributed by atoms with Crippen LogP contribution in [0.4, 0.5) is 5.69 Å². The first-order chi connectivity index (χ1) is 7.27. The molecule has 3 heteroatoms. The summed E-state index contributed by atoms with van der Waals surface area (Å²) in [7, 11) is 0. The second kappa shape index (κ2) is 5.39. The second-order valence-electron chi connectivity index (χ2n) is 4.00. The van der Waals surface area contributed by atoms with Gasteiger partial charge in [0.25, 0.3) is 0 Å². The summed E-state index contributed by atoms with van der Waals surface area (Å²) in [6.07, 6.45) is 5.39. The molecule has 82 valence electrons. The van der Waals surface area contributed by atoms with Gasteiger partial charge in [0.05, 0.1) is 5.69 Å². The molecule has 2 rings (SSSR count). The molecule has 15 heavy (non-hydrogen) atoms. The quantitative estimate of drug-likeness (QED) is 0.691. The lowest BCUT2D eigenvalue weighted by Gasteiger charge is -2.24. The van der Waals surface area contributed by atoms with Crippen molar-refractivity contribution in [3.05, 3.63) is 26.8 Å². The molecule has 1 aliphatic rings. The number of benzene rings is 1. The summed E-state index contributed by atoms with van der Waals surface area (Å²) < 4.78 is 1.27. The Labute approximate surface area is 110 Å². The molecule has 1 aromatic carbocycles. The van der Waals surface area contributed by atoms with Crippen molar-refractivity contribution in [2.75, 3.05) is 18.0 Å². The minimum absolute atomic E-state index is 0.831. The third-order valence-electron chi connectivity index (χ3n) is 2.86. The van der Waals surface area contributed by atoms with Crippen molar-refractivity contribution in [1.82, 2.24) is 0 Å². The van der Waals surface area contributed by atoms with E-state index in [2.05, 4.69) is 33.6 Å². The van der Waals surface area contributed by atoms with Gasteiger partial charge in [0.2, 0.25) is 0 Å². The van der Waals surface area contributed by atoms with Gasteiger partial charge in [0.15, 0.2) is 0 Å².